The molecule has 2 aromatic carbocycles. The summed E-state index contributed by atoms with van der Waals surface area (Å²) in [4.78, 5) is 0. The molecule has 1 atom stereocenters. The van der Waals surface area contributed by atoms with Gasteiger partial charge in [-0.25, -0.2) is 4.39 Å². The lowest BCUT2D eigenvalue weighted by molar-refractivity contribution is 0.287. The molecule has 2 aromatic rings. The molecule has 0 bridgehead atoms. The highest BCUT2D eigenvalue weighted by Crippen LogP contribution is 2.19. The summed E-state index contributed by atoms with van der Waals surface area (Å²) in [5.41, 5.74) is 6.36. The summed E-state index contributed by atoms with van der Waals surface area (Å²) in [5, 5.41) is 0. The molecule has 100 valence electrons. The normalized spacial score (nSPS) is 11.9. The van der Waals surface area contributed by atoms with Crippen LogP contribution in [-0.2, 0) is 0 Å². The zero-order valence-electron chi connectivity index (χ0n) is 10.7. The maximum absolute atomic E-state index is 13.5. The summed E-state index contributed by atoms with van der Waals surface area (Å²) in [6.07, 6.45) is 0. The van der Waals surface area contributed by atoms with Crippen molar-refractivity contribution < 1.29 is 13.9 Å². The Morgan fingerprint density at radius 1 is 1.05 bits per heavy atom. The zero-order valence-corrected chi connectivity index (χ0v) is 10.7. The van der Waals surface area contributed by atoms with Crippen LogP contribution in [0.1, 0.15) is 11.6 Å². The second-order valence-electron chi connectivity index (χ2n) is 4.11. The molecule has 3 nitrogen and oxygen atoms in total. The Labute approximate surface area is 111 Å². The van der Waals surface area contributed by atoms with E-state index in [2.05, 4.69) is 0 Å². The molecule has 1 unspecified atom stereocenters. The first-order valence-corrected chi connectivity index (χ1v) is 5.97. The summed E-state index contributed by atoms with van der Waals surface area (Å²) in [6, 6.07) is 13.1. The third kappa shape index (κ3) is 3.45. The van der Waals surface area contributed by atoms with E-state index in [0.717, 1.165) is 5.75 Å². The molecule has 0 fully saturated rings. The van der Waals surface area contributed by atoms with Gasteiger partial charge in [0, 0.05) is 5.56 Å². The van der Waals surface area contributed by atoms with E-state index in [9.17, 15) is 4.39 Å². The van der Waals surface area contributed by atoms with Gasteiger partial charge in [-0.15, -0.1) is 0 Å². The lowest BCUT2D eigenvalue weighted by atomic mass is 10.1. The van der Waals surface area contributed by atoms with Crippen LogP contribution in [0.4, 0.5) is 4.39 Å². The molecule has 19 heavy (non-hydrogen) atoms. The van der Waals surface area contributed by atoms with Gasteiger partial charge in [-0.2, -0.15) is 0 Å². The van der Waals surface area contributed by atoms with Crippen molar-refractivity contribution in [2.75, 3.05) is 13.7 Å². The highest BCUT2D eigenvalue weighted by molar-refractivity contribution is 5.31. The standard InChI is InChI=1S/C15H16FNO2/c1-18-11-6-8-12(9-7-11)19-10-15(17)13-4-2-3-5-14(13)16/h2-9,15H,10,17H2,1H3. The molecule has 2 rings (SSSR count). The Kier molecular flexibility index (Phi) is 4.36. The molecule has 0 amide bonds. The van der Waals surface area contributed by atoms with Crippen LogP contribution in [0.25, 0.3) is 0 Å². The van der Waals surface area contributed by atoms with Gasteiger partial charge < -0.3 is 15.2 Å². The molecule has 0 aliphatic carbocycles. The monoisotopic (exact) mass is 261 g/mol. The van der Waals surface area contributed by atoms with Crippen LogP contribution in [0.15, 0.2) is 48.5 Å². The van der Waals surface area contributed by atoms with Crippen molar-refractivity contribution >= 4 is 0 Å². The molecule has 0 heterocycles. The number of halogens is 1. The number of hydrogen-bond acceptors (Lipinski definition) is 3. The van der Waals surface area contributed by atoms with Gasteiger partial charge in [0.05, 0.1) is 13.2 Å². The fraction of sp³-hybridized carbons (Fsp3) is 0.200. The van der Waals surface area contributed by atoms with Crippen LogP contribution in [0, 0.1) is 5.82 Å². The van der Waals surface area contributed by atoms with Crippen LogP contribution in [0.5, 0.6) is 11.5 Å². The first-order chi connectivity index (χ1) is 9.20. The van der Waals surface area contributed by atoms with E-state index in [1.165, 1.54) is 6.07 Å². The fourth-order valence-corrected chi connectivity index (χ4v) is 1.72. The molecule has 0 spiro atoms. The van der Waals surface area contributed by atoms with Gasteiger partial charge in [0.1, 0.15) is 23.9 Å². The molecule has 4 heteroatoms. The van der Waals surface area contributed by atoms with Gasteiger partial charge in [-0.3, -0.25) is 0 Å². The third-order valence-electron chi connectivity index (χ3n) is 2.79. The Hall–Kier alpha value is -2.07. The molecular weight excluding hydrogens is 245 g/mol. The maximum Gasteiger partial charge on any atom is 0.128 e. The van der Waals surface area contributed by atoms with Gasteiger partial charge >= 0.3 is 0 Å². The van der Waals surface area contributed by atoms with Gasteiger partial charge in [-0.1, -0.05) is 18.2 Å². The molecule has 0 saturated heterocycles. The number of methoxy groups -OCH3 is 1. The van der Waals surface area contributed by atoms with Crippen molar-refractivity contribution in [1.29, 1.82) is 0 Å². The first-order valence-electron chi connectivity index (χ1n) is 5.97. The molecule has 0 aliphatic heterocycles. The molecule has 2 N–H and O–H groups in total. The Balaban J connectivity index is 1.96. The lowest BCUT2D eigenvalue weighted by Gasteiger charge is -2.14. The van der Waals surface area contributed by atoms with Crippen molar-refractivity contribution in [3.05, 3.63) is 59.9 Å². The highest BCUT2D eigenvalue weighted by Gasteiger charge is 2.11. The van der Waals surface area contributed by atoms with Crippen molar-refractivity contribution in [1.82, 2.24) is 0 Å². The average Bonchev–Trinajstić information content (AvgIpc) is 2.46. The zero-order chi connectivity index (χ0) is 13.7. The Morgan fingerprint density at radius 2 is 1.68 bits per heavy atom. The van der Waals surface area contributed by atoms with Crippen LogP contribution in [0.3, 0.4) is 0 Å². The predicted molar refractivity (Wildman–Crippen MR) is 71.8 cm³/mol. The van der Waals surface area contributed by atoms with Crippen LogP contribution in [-0.4, -0.2) is 13.7 Å². The number of nitrogens with two attached hydrogens (primary N) is 1. The Bertz CT molecular complexity index is 528. The maximum atomic E-state index is 13.5. The fourth-order valence-electron chi connectivity index (χ4n) is 1.72. The van der Waals surface area contributed by atoms with Gasteiger partial charge in [0.15, 0.2) is 0 Å². The molecule has 0 aromatic heterocycles. The molecule has 0 saturated carbocycles. The summed E-state index contributed by atoms with van der Waals surface area (Å²) in [5.74, 6) is 1.12. The summed E-state index contributed by atoms with van der Waals surface area (Å²) in [6.45, 7) is 0.216. The highest BCUT2D eigenvalue weighted by atomic mass is 19.1. The Morgan fingerprint density at radius 3 is 2.32 bits per heavy atom. The van der Waals surface area contributed by atoms with E-state index in [1.807, 2.05) is 0 Å². The lowest BCUT2D eigenvalue weighted by Crippen LogP contribution is -2.20. The van der Waals surface area contributed by atoms with E-state index in [-0.39, 0.29) is 12.4 Å². The summed E-state index contributed by atoms with van der Waals surface area (Å²) in [7, 11) is 1.60. The van der Waals surface area contributed by atoms with E-state index >= 15 is 0 Å². The van der Waals surface area contributed by atoms with Crippen LogP contribution < -0.4 is 15.2 Å². The number of ether oxygens (including phenoxy) is 2. The van der Waals surface area contributed by atoms with Crippen molar-refractivity contribution in [2.24, 2.45) is 5.73 Å². The van der Waals surface area contributed by atoms with E-state index in [1.54, 1.807) is 49.6 Å². The SMILES string of the molecule is COc1ccc(OCC(N)c2ccccc2F)cc1. The number of hydrogen-bond donors (Lipinski definition) is 1. The molecule has 0 radical (unpaired) electrons. The van der Waals surface area contributed by atoms with E-state index in [0.29, 0.717) is 11.3 Å². The minimum Gasteiger partial charge on any atom is -0.497 e. The minimum atomic E-state index is -0.497. The van der Waals surface area contributed by atoms with Crippen molar-refractivity contribution in [3.63, 3.8) is 0 Å². The number of benzene rings is 2. The van der Waals surface area contributed by atoms with E-state index < -0.39 is 6.04 Å². The van der Waals surface area contributed by atoms with Crippen molar-refractivity contribution in [2.45, 2.75) is 6.04 Å². The first kappa shape index (κ1) is 13.4. The smallest absolute Gasteiger partial charge is 0.128 e. The average molecular weight is 261 g/mol. The minimum absolute atomic E-state index is 0.216. The predicted octanol–water partition coefficient (Wildman–Crippen LogP) is 2.91. The topological polar surface area (TPSA) is 44.5 Å². The van der Waals surface area contributed by atoms with Crippen LogP contribution >= 0.6 is 0 Å². The summed E-state index contributed by atoms with van der Waals surface area (Å²) >= 11 is 0. The number of rotatable bonds is 5. The van der Waals surface area contributed by atoms with Gasteiger partial charge in [0.25, 0.3) is 0 Å². The molecule has 0 aliphatic rings. The van der Waals surface area contributed by atoms with Gasteiger partial charge in [-0.05, 0) is 30.3 Å². The largest absolute Gasteiger partial charge is 0.497 e. The van der Waals surface area contributed by atoms with Crippen LogP contribution in [0.2, 0.25) is 0 Å². The quantitative estimate of drug-likeness (QED) is 0.900. The second-order valence-corrected chi connectivity index (χ2v) is 4.11. The second kappa shape index (κ2) is 6.20. The van der Waals surface area contributed by atoms with Crippen molar-refractivity contribution in [3.8, 4) is 11.5 Å². The summed E-state index contributed by atoms with van der Waals surface area (Å²) < 4.78 is 24.1. The van der Waals surface area contributed by atoms with Gasteiger partial charge in [0.2, 0.25) is 0 Å². The third-order valence-corrected chi connectivity index (χ3v) is 2.79. The van der Waals surface area contributed by atoms with E-state index in [4.69, 9.17) is 15.2 Å². The molecular formula is C15H16FNO2.